The number of imidazole rings is 1. The second kappa shape index (κ2) is 5.91. The fraction of sp³-hybridized carbons (Fsp3) is 0.538. The van der Waals surface area contributed by atoms with E-state index in [2.05, 4.69) is 10.3 Å². The molecule has 8 nitrogen and oxygen atoms in total. The quantitative estimate of drug-likeness (QED) is 0.682. The predicted octanol–water partition coefficient (Wildman–Crippen LogP) is 1.66. The van der Waals surface area contributed by atoms with Gasteiger partial charge in [-0.2, -0.15) is 9.38 Å². The van der Waals surface area contributed by atoms with Gasteiger partial charge in [-0.3, -0.25) is 4.79 Å². The summed E-state index contributed by atoms with van der Waals surface area (Å²) in [5.41, 5.74) is 0. The minimum absolute atomic E-state index is 0.00714. The Morgan fingerprint density at radius 3 is 2.91 bits per heavy atom. The van der Waals surface area contributed by atoms with Crippen molar-refractivity contribution < 1.29 is 9.72 Å². The molecule has 0 spiro atoms. The molecule has 1 aliphatic rings. The van der Waals surface area contributed by atoms with E-state index in [4.69, 9.17) is 0 Å². The van der Waals surface area contributed by atoms with E-state index >= 15 is 0 Å². The Kier molecular flexibility index (Phi) is 3.97. The van der Waals surface area contributed by atoms with Crippen LogP contribution in [0.15, 0.2) is 11.6 Å². The molecule has 1 aliphatic heterocycles. The molecule has 2 aromatic rings. The minimum atomic E-state index is -0.391. The first kappa shape index (κ1) is 14.8. The second-order valence-corrected chi connectivity index (χ2v) is 6.10. The smallest absolute Gasteiger partial charge is 0.358 e. The Morgan fingerprint density at radius 2 is 2.27 bits per heavy atom. The van der Waals surface area contributed by atoms with E-state index in [1.165, 1.54) is 15.7 Å². The third-order valence-corrected chi connectivity index (χ3v) is 4.67. The number of nitrogens with one attached hydrogen (secondary N) is 1. The number of thiazole rings is 1. The van der Waals surface area contributed by atoms with Crippen molar-refractivity contribution in [2.24, 2.45) is 5.92 Å². The molecule has 2 aromatic heterocycles. The first-order valence-electron chi connectivity index (χ1n) is 7.24. The number of amides is 1. The van der Waals surface area contributed by atoms with Gasteiger partial charge in [0.25, 0.3) is 4.96 Å². The maximum Gasteiger partial charge on any atom is 0.373 e. The van der Waals surface area contributed by atoms with Gasteiger partial charge >= 0.3 is 5.82 Å². The Hall–Kier alpha value is -2.16. The Morgan fingerprint density at radius 1 is 1.55 bits per heavy atom. The number of carbonyl (C=O) groups is 1. The highest BCUT2D eigenvalue weighted by Gasteiger charge is 2.32. The van der Waals surface area contributed by atoms with Crippen LogP contribution in [0, 0.1) is 16.0 Å². The van der Waals surface area contributed by atoms with Crippen LogP contribution in [-0.2, 0) is 4.79 Å². The van der Waals surface area contributed by atoms with E-state index in [9.17, 15) is 14.9 Å². The van der Waals surface area contributed by atoms with Gasteiger partial charge < -0.3 is 20.3 Å². The lowest BCUT2D eigenvalue weighted by atomic mass is 9.96. The van der Waals surface area contributed by atoms with Crippen LogP contribution in [0.2, 0.25) is 0 Å². The van der Waals surface area contributed by atoms with E-state index in [0.717, 1.165) is 0 Å². The summed E-state index contributed by atoms with van der Waals surface area (Å²) in [5, 5.41) is 16.0. The number of nitro groups is 1. The molecule has 3 heterocycles. The van der Waals surface area contributed by atoms with Crippen molar-refractivity contribution in [2.45, 2.75) is 19.8 Å². The van der Waals surface area contributed by atoms with Crippen LogP contribution in [0.3, 0.4) is 0 Å². The van der Waals surface area contributed by atoms with Gasteiger partial charge in [-0.05, 0) is 24.7 Å². The van der Waals surface area contributed by atoms with Crippen LogP contribution >= 0.6 is 11.3 Å². The molecule has 1 fully saturated rings. The van der Waals surface area contributed by atoms with E-state index in [1.807, 2.05) is 11.8 Å². The highest BCUT2D eigenvalue weighted by atomic mass is 32.1. The molecule has 22 heavy (non-hydrogen) atoms. The third kappa shape index (κ3) is 2.52. The van der Waals surface area contributed by atoms with Gasteiger partial charge in [0.05, 0.1) is 0 Å². The molecular weight excluding hydrogens is 306 g/mol. The molecule has 1 saturated heterocycles. The summed E-state index contributed by atoms with van der Waals surface area (Å²) >= 11 is 1.37. The summed E-state index contributed by atoms with van der Waals surface area (Å²) in [4.78, 5) is 29.7. The second-order valence-electron chi connectivity index (χ2n) is 5.23. The molecule has 0 radical (unpaired) electrons. The van der Waals surface area contributed by atoms with Gasteiger partial charge in [-0.1, -0.05) is 11.3 Å². The zero-order valence-electron chi connectivity index (χ0n) is 12.2. The van der Waals surface area contributed by atoms with Gasteiger partial charge in [0, 0.05) is 30.9 Å². The monoisotopic (exact) mass is 323 g/mol. The highest BCUT2D eigenvalue weighted by Crippen LogP contribution is 2.33. The molecule has 118 valence electrons. The number of fused-ring (bicyclic) bond motifs is 1. The van der Waals surface area contributed by atoms with E-state index < -0.39 is 4.92 Å². The van der Waals surface area contributed by atoms with Crippen molar-refractivity contribution >= 4 is 33.8 Å². The zero-order valence-corrected chi connectivity index (χ0v) is 13.0. The number of hydrogen-bond donors (Lipinski definition) is 1. The van der Waals surface area contributed by atoms with Crippen molar-refractivity contribution in [3.8, 4) is 0 Å². The first-order chi connectivity index (χ1) is 10.6. The van der Waals surface area contributed by atoms with Gasteiger partial charge in [-0.15, -0.1) is 0 Å². The summed E-state index contributed by atoms with van der Waals surface area (Å²) < 4.78 is 1.51. The standard InChI is InChI=1S/C13H17N5O3S/c1-2-14-11(19)9-3-5-16(6-4-9)10-12(18(20)21)17-7-8-22-13(17)15-10/h7-9H,2-6H2,1H3,(H,14,19). The number of hydrogen-bond acceptors (Lipinski definition) is 6. The van der Waals surface area contributed by atoms with Gasteiger partial charge in [0.2, 0.25) is 11.7 Å². The van der Waals surface area contributed by atoms with Crippen LogP contribution < -0.4 is 10.2 Å². The topological polar surface area (TPSA) is 92.8 Å². The molecule has 0 unspecified atom stereocenters. The molecule has 1 amide bonds. The molecule has 0 saturated carbocycles. The molecule has 3 rings (SSSR count). The predicted molar refractivity (Wildman–Crippen MR) is 83.3 cm³/mol. The minimum Gasteiger partial charge on any atom is -0.358 e. The third-order valence-electron chi connectivity index (χ3n) is 3.91. The number of carbonyl (C=O) groups excluding carboxylic acids is 1. The Balaban J connectivity index is 1.79. The summed E-state index contributed by atoms with van der Waals surface area (Å²) in [5.74, 6) is 0.473. The van der Waals surface area contributed by atoms with E-state index in [0.29, 0.717) is 43.3 Å². The van der Waals surface area contributed by atoms with Crippen LogP contribution in [0.5, 0.6) is 0 Å². The first-order valence-corrected chi connectivity index (χ1v) is 8.12. The number of nitrogens with zero attached hydrogens (tertiary/aromatic N) is 4. The lowest BCUT2D eigenvalue weighted by molar-refractivity contribution is -0.389. The average molecular weight is 323 g/mol. The molecule has 1 N–H and O–H groups in total. The molecule has 9 heteroatoms. The molecule has 0 atom stereocenters. The van der Waals surface area contributed by atoms with Crippen molar-refractivity contribution in [3.05, 3.63) is 21.7 Å². The SMILES string of the molecule is CCNC(=O)C1CCN(c2nc3sccn3c2[N+](=O)[O-])CC1. The Bertz CT molecular complexity index is 702. The lowest BCUT2D eigenvalue weighted by Crippen LogP contribution is -2.40. The van der Waals surface area contributed by atoms with Crippen molar-refractivity contribution in [2.75, 3.05) is 24.5 Å². The van der Waals surface area contributed by atoms with Crippen molar-refractivity contribution in [1.29, 1.82) is 0 Å². The molecular formula is C13H17N5O3S. The zero-order chi connectivity index (χ0) is 15.7. The molecule has 0 aliphatic carbocycles. The van der Waals surface area contributed by atoms with Crippen LogP contribution in [-0.4, -0.2) is 39.8 Å². The highest BCUT2D eigenvalue weighted by molar-refractivity contribution is 7.15. The summed E-state index contributed by atoms with van der Waals surface area (Å²) in [6.45, 7) is 3.73. The molecule has 0 aromatic carbocycles. The summed E-state index contributed by atoms with van der Waals surface area (Å²) in [7, 11) is 0. The van der Waals surface area contributed by atoms with Gasteiger partial charge in [0.1, 0.15) is 6.20 Å². The van der Waals surface area contributed by atoms with Crippen LogP contribution in [0.4, 0.5) is 11.6 Å². The maximum absolute atomic E-state index is 11.9. The van der Waals surface area contributed by atoms with E-state index in [1.54, 1.807) is 11.6 Å². The number of anilines is 1. The number of rotatable bonds is 4. The van der Waals surface area contributed by atoms with Crippen LogP contribution in [0.1, 0.15) is 19.8 Å². The van der Waals surface area contributed by atoms with Crippen molar-refractivity contribution in [3.63, 3.8) is 0 Å². The normalized spacial score (nSPS) is 16.1. The summed E-state index contributed by atoms with van der Waals surface area (Å²) in [6.07, 6.45) is 3.04. The summed E-state index contributed by atoms with van der Waals surface area (Å²) in [6, 6.07) is 0. The molecule has 0 bridgehead atoms. The lowest BCUT2D eigenvalue weighted by Gasteiger charge is -2.30. The van der Waals surface area contributed by atoms with Gasteiger partial charge in [0.15, 0.2) is 0 Å². The Labute approximate surface area is 130 Å². The van der Waals surface area contributed by atoms with E-state index in [-0.39, 0.29) is 17.6 Å². The number of piperidine rings is 1. The fourth-order valence-electron chi connectivity index (χ4n) is 2.82. The van der Waals surface area contributed by atoms with Crippen LogP contribution in [0.25, 0.3) is 4.96 Å². The average Bonchev–Trinajstić information content (AvgIpc) is 3.07. The van der Waals surface area contributed by atoms with Crippen molar-refractivity contribution in [1.82, 2.24) is 14.7 Å². The van der Waals surface area contributed by atoms with Gasteiger partial charge in [-0.25, -0.2) is 0 Å². The number of aromatic nitrogens is 2. The largest absolute Gasteiger partial charge is 0.373 e. The fourth-order valence-corrected chi connectivity index (χ4v) is 3.52. The maximum atomic E-state index is 11.9.